The molecule has 184 valence electrons. The summed E-state index contributed by atoms with van der Waals surface area (Å²) in [5, 5.41) is 11.5. The van der Waals surface area contributed by atoms with E-state index < -0.39 is 0 Å². The number of rotatable bonds is 6. The first kappa shape index (κ1) is 23.2. The second-order valence-electron chi connectivity index (χ2n) is 10.1. The number of carbonyl (C=O) groups excluding carboxylic acids is 1. The first-order chi connectivity index (χ1) is 18.0. The van der Waals surface area contributed by atoms with E-state index in [9.17, 15) is 9.18 Å². The van der Waals surface area contributed by atoms with Gasteiger partial charge >= 0.3 is 0 Å². The van der Waals surface area contributed by atoms with Crippen LogP contribution in [0.15, 0.2) is 97.1 Å². The molecule has 5 heteroatoms. The van der Waals surface area contributed by atoms with Crippen molar-refractivity contribution in [2.24, 2.45) is 5.92 Å². The van der Waals surface area contributed by atoms with Gasteiger partial charge in [-0.1, -0.05) is 48.5 Å². The maximum atomic E-state index is 13.4. The lowest BCUT2D eigenvalue weighted by molar-refractivity contribution is 0.0769. The largest absolute Gasteiger partial charge is 0.355 e. The summed E-state index contributed by atoms with van der Waals surface area (Å²) in [6.45, 7) is 3.46. The normalized spacial score (nSPS) is 21.8. The molecule has 2 aliphatic rings. The van der Waals surface area contributed by atoms with Crippen LogP contribution in [-0.2, 0) is 5.41 Å². The Morgan fingerprint density at radius 2 is 1.68 bits per heavy atom. The van der Waals surface area contributed by atoms with E-state index in [-0.39, 0.29) is 17.1 Å². The Hall–Kier alpha value is -4.25. The van der Waals surface area contributed by atoms with Crippen molar-refractivity contribution in [2.75, 3.05) is 18.4 Å². The Kier molecular flexibility index (Phi) is 5.64. The van der Waals surface area contributed by atoms with Crippen molar-refractivity contribution in [1.29, 1.82) is 5.41 Å². The molecule has 37 heavy (non-hydrogen) atoms. The van der Waals surface area contributed by atoms with Crippen molar-refractivity contribution in [1.82, 2.24) is 4.90 Å². The van der Waals surface area contributed by atoms with Crippen LogP contribution in [0.1, 0.15) is 38.5 Å². The summed E-state index contributed by atoms with van der Waals surface area (Å²) in [5.41, 5.74) is 6.47. The van der Waals surface area contributed by atoms with E-state index in [1.807, 2.05) is 41.3 Å². The molecule has 0 aromatic heterocycles. The van der Waals surface area contributed by atoms with Crippen molar-refractivity contribution in [3.05, 3.63) is 131 Å². The molecule has 1 saturated heterocycles. The molecule has 2 N–H and O–H groups in total. The molecular formula is C32H28FN3O. The van der Waals surface area contributed by atoms with Crippen LogP contribution in [0.5, 0.6) is 0 Å². The molecule has 4 aromatic carbocycles. The molecule has 1 saturated carbocycles. The number of halogens is 1. The quantitative estimate of drug-likeness (QED) is 0.297. The van der Waals surface area contributed by atoms with Crippen LogP contribution in [-0.4, -0.2) is 30.1 Å². The van der Waals surface area contributed by atoms with Crippen LogP contribution < -0.4 is 5.32 Å². The maximum Gasteiger partial charge on any atom is 0.253 e. The number of carbonyl (C=O) groups is 1. The van der Waals surface area contributed by atoms with E-state index in [0.29, 0.717) is 30.5 Å². The number of nitrogens with one attached hydrogen (secondary N) is 2. The molecule has 4 aromatic rings. The molecule has 0 radical (unpaired) electrons. The highest BCUT2D eigenvalue weighted by Gasteiger charge is 2.70. The summed E-state index contributed by atoms with van der Waals surface area (Å²) in [4.78, 5) is 15.4. The van der Waals surface area contributed by atoms with Gasteiger partial charge in [0.2, 0.25) is 0 Å². The highest BCUT2D eigenvalue weighted by molar-refractivity contribution is 5.95. The fraction of sp³-hybridized carbons (Fsp3) is 0.188. The highest BCUT2D eigenvalue weighted by Crippen LogP contribution is 2.69. The van der Waals surface area contributed by atoms with E-state index in [0.717, 1.165) is 22.5 Å². The SMILES string of the molecule is Cc1cc(Nc2ccc(F)cc2)c(C=N)cc1C12CN(C(=O)c3ccccc3)CC1C2c1ccccc1. The smallest absolute Gasteiger partial charge is 0.253 e. The summed E-state index contributed by atoms with van der Waals surface area (Å²) in [5.74, 6) is 0.419. The van der Waals surface area contributed by atoms with Crippen LogP contribution >= 0.6 is 0 Å². The van der Waals surface area contributed by atoms with Gasteiger partial charge in [0, 0.05) is 53.1 Å². The number of benzene rings is 4. The summed E-state index contributed by atoms with van der Waals surface area (Å²) in [6.07, 6.45) is 1.36. The molecule has 1 amide bonds. The summed E-state index contributed by atoms with van der Waals surface area (Å²) in [7, 11) is 0. The standard InChI is InChI=1S/C32H28FN3O/c1-21-16-29(35-26-14-12-25(33)13-15-26)24(18-34)17-27(21)32-20-36(31(37)23-10-6-3-7-11-23)19-28(32)30(32)22-8-4-2-5-9-22/h2-18,28,30,34-35H,19-20H2,1H3. The third kappa shape index (κ3) is 3.91. The van der Waals surface area contributed by atoms with Gasteiger partial charge in [0.25, 0.3) is 5.91 Å². The van der Waals surface area contributed by atoms with Crippen LogP contribution in [0.3, 0.4) is 0 Å². The molecule has 0 spiro atoms. The average molecular weight is 490 g/mol. The lowest BCUT2D eigenvalue weighted by atomic mass is 9.85. The lowest BCUT2D eigenvalue weighted by Gasteiger charge is -2.26. The van der Waals surface area contributed by atoms with Gasteiger partial charge in [0.1, 0.15) is 5.82 Å². The van der Waals surface area contributed by atoms with Crippen molar-refractivity contribution in [3.63, 3.8) is 0 Å². The number of nitrogens with zero attached hydrogens (tertiary/aromatic N) is 1. The van der Waals surface area contributed by atoms with Crippen LogP contribution in [0.4, 0.5) is 15.8 Å². The van der Waals surface area contributed by atoms with Gasteiger partial charge < -0.3 is 15.6 Å². The topological polar surface area (TPSA) is 56.2 Å². The molecule has 3 atom stereocenters. The fourth-order valence-corrected chi connectivity index (χ4v) is 6.32. The second kappa shape index (κ2) is 9.00. The van der Waals surface area contributed by atoms with Gasteiger partial charge in [-0.05, 0) is 78.1 Å². The minimum Gasteiger partial charge on any atom is -0.355 e. The first-order valence-corrected chi connectivity index (χ1v) is 12.6. The van der Waals surface area contributed by atoms with Crippen LogP contribution in [0, 0.1) is 24.1 Å². The molecule has 2 fully saturated rings. The fourth-order valence-electron chi connectivity index (χ4n) is 6.32. The molecule has 1 heterocycles. The van der Waals surface area contributed by atoms with Gasteiger partial charge in [-0.25, -0.2) is 4.39 Å². The van der Waals surface area contributed by atoms with E-state index >= 15 is 0 Å². The molecule has 0 bridgehead atoms. The predicted octanol–water partition coefficient (Wildman–Crippen LogP) is 6.68. The third-order valence-corrected chi connectivity index (χ3v) is 8.02. The number of fused-ring (bicyclic) bond motifs is 1. The van der Waals surface area contributed by atoms with Crippen molar-refractivity contribution in [2.45, 2.75) is 18.3 Å². The number of hydrogen-bond acceptors (Lipinski definition) is 3. The van der Waals surface area contributed by atoms with Crippen molar-refractivity contribution < 1.29 is 9.18 Å². The molecule has 4 nitrogen and oxygen atoms in total. The predicted molar refractivity (Wildman–Crippen MR) is 145 cm³/mol. The van der Waals surface area contributed by atoms with Gasteiger partial charge in [0.15, 0.2) is 0 Å². The van der Waals surface area contributed by atoms with Gasteiger partial charge in [-0.3, -0.25) is 4.79 Å². The van der Waals surface area contributed by atoms with Gasteiger partial charge in [-0.15, -0.1) is 0 Å². The monoisotopic (exact) mass is 489 g/mol. The number of amides is 1. The van der Waals surface area contributed by atoms with Crippen LogP contribution in [0.25, 0.3) is 0 Å². The Morgan fingerprint density at radius 3 is 2.35 bits per heavy atom. The molecule has 3 unspecified atom stereocenters. The van der Waals surface area contributed by atoms with Gasteiger partial charge in [-0.2, -0.15) is 0 Å². The third-order valence-electron chi connectivity index (χ3n) is 8.02. The zero-order chi connectivity index (χ0) is 25.6. The van der Waals surface area contributed by atoms with Crippen molar-refractivity contribution in [3.8, 4) is 0 Å². The van der Waals surface area contributed by atoms with Crippen molar-refractivity contribution >= 4 is 23.5 Å². The average Bonchev–Trinajstić information content (AvgIpc) is 3.39. The Balaban J connectivity index is 1.38. The zero-order valence-corrected chi connectivity index (χ0v) is 20.6. The van der Waals surface area contributed by atoms with E-state index in [2.05, 4.69) is 48.6 Å². The summed E-state index contributed by atoms with van der Waals surface area (Å²) >= 11 is 0. The zero-order valence-electron chi connectivity index (χ0n) is 20.6. The minimum absolute atomic E-state index is 0.0681. The lowest BCUT2D eigenvalue weighted by Crippen LogP contribution is -2.34. The minimum atomic E-state index is -0.286. The molecular weight excluding hydrogens is 461 g/mol. The maximum absolute atomic E-state index is 13.4. The molecule has 6 rings (SSSR count). The van der Waals surface area contributed by atoms with E-state index in [4.69, 9.17) is 5.41 Å². The number of likely N-dealkylation sites (tertiary alicyclic amines) is 1. The second-order valence-corrected chi connectivity index (χ2v) is 10.1. The molecule has 1 aliphatic carbocycles. The van der Waals surface area contributed by atoms with Crippen LogP contribution in [0.2, 0.25) is 0 Å². The van der Waals surface area contributed by atoms with E-state index in [1.54, 1.807) is 12.1 Å². The summed E-state index contributed by atoms with van der Waals surface area (Å²) < 4.78 is 13.4. The number of aryl methyl sites for hydroxylation is 1. The first-order valence-electron chi connectivity index (χ1n) is 12.6. The number of anilines is 2. The Morgan fingerprint density at radius 1 is 1.00 bits per heavy atom. The molecule has 1 aliphatic heterocycles. The number of hydrogen-bond donors (Lipinski definition) is 2. The Bertz CT molecular complexity index is 1470. The van der Waals surface area contributed by atoms with E-state index in [1.165, 1.54) is 29.5 Å². The summed E-state index contributed by atoms with van der Waals surface area (Å²) in [6, 6.07) is 30.5. The highest BCUT2D eigenvalue weighted by atomic mass is 19.1. The Labute approximate surface area is 216 Å². The number of piperidine rings is 1. The van der Waals surface area contributed by atoms with Gasteiger partial charge in [0.05, 0.1) is 0 Å².